The Morgan fingerprint density at radius 1 is 0.803 bits per heavy atom. The molecule has 4 fully saturated rings. The third-order valence-corrected chi connectivity index (χ3v) is 14.1. The number of carbonyl (C=O) groups excluding carboxylic acids is 6. The molecule has 4 N–H and O–H groups in total. The molecule has 0 bridgehead atoms. The van der Waals surface area contributed by atoms with Crippen molar-refractivity contribution in [2.75, 3.05) is 70.4 Å². The minimum atomic E-state index is -5.07. The van der Waals surface area contributed by atoms with Gasteiger partial charge < -0.3 is 64.2 Å². The highest BCUT2D eigenvalue weighted by molar-refractivity contribution is 6.04. The molecular weight excluding hydrogens is 998 g/mol. The number of likely N-dealkylation sites (tertiary alicyclic amines) is 2. The van der Waals surface area contributed by atoms with Crippen LogP contribution in [-0.4, -0.2) is 162 Å². The number of H-pyrrole nitrogens is 1. The highest BCUT2D eigenvalue weighted by Crippen LogP contribution is 2.43. The van der Waals surface area contributed by atoms with E-state index in [1.54, 1.807) is 71.1 Å². The summed E-state index contributed by atoms with van der Waals surface area (Å²) in [5, 5.41) is 7.87. The molecule has 4 saturated heterocycles. The summed E-state index contributed by atoms with van der Waals surface area (Å²) in [6, 6.07) is 10.6. The molecule has 5 atom stereocenters. The van der Waals surface area contributed by atoms with E-state index in [1.807, 2.05) is 25.7 Å². The first-order valence-corrected chi connectivity index (χ1v) is 25.1. The number of pyridine rings is 1. The van der Waals surface area contributed by atoms with Crippen LogP contribution in [0.25, 0.3) is 22.4 Å². The molecule has 76 heavy (non-hydrogen) atoms. The van der Waals surface area contributed by atoms with Crippen molar-refractivity contribution in [3.05, 3.63) is 78.4 Å². The van der Waals surface area contributed by atoms with Gasteiger partial charge in [0.15, 0.2) is 5.79 Å². The van der Waals surface area contributed by atoms with Crippen molar-refractivity contribution in [1.29, 1.82) is 0 Å². The van der Waals surface area contributed by atoms with E-state index >= 15 is 0 Å². The molecule has 0 saturated carbocycles. The predicted octanol–water partition coefficient (Wildman–Crippen LogP) is 6.10. The number of halogens is 3. The van der Waals surface area contributed by atoms with Crippen LogP contribution in [0.5, 0.6) is 5.75 Å². The van der Waals surface area contributed by atoms with E-state index < -0.39 is 60.2 Å². The van der Waals surface area contributed by atoms with Gasteiger partial charge in [-0.2, -0.15) is 0 Å². The number of alkyl halides is 3. The maximum atomic E-state index is 14.0. The Balaban J connectivity index is 0.910. The first kappa shape index (κ1) is 54.8. The van der Waals surface area contributed by atoms with Crippen LogP contribution in [0.1, 0.15) is 76.1 Å². The van der Waals surface area contributed by atoms with Crippen molar-refractivity contribution in [2.24, 2.45) is 11.8 Å². The number of aromatic amines is 1. The SMILES string of the molecule is COC(=O)N[C@H](C(=O)N1CCCC1C(=O)N1CCN(c2ccc(C(=O)Nc3ccc(-c4ccc(-c5cnc([C@@H]6CC7(CN6C(=O)[C@@H](NC(=O)OC)C(C)C)OCCO7)[nH]5)cc4)c(OC(F)(F)F)c3)cn2)[C@H](C)C1)C(C)C. The number of benzene rings is 2. The van der Waals surface area contributed by atoms with Gasteiger partial charge in [0.25, 0.3) is 5.91 Å². The predicted molar refractivity (Wildman–Crippen MR) is 268 cm³/mol. The minimum absolute atomic E-state index is 0.0329. The lowest BCUT2D eigenvalue weighted by Crippen LogP contribution is -2.59. The van der Waals surface area contributed by atoms with Crippen LogP contribution in [0, 0.1) is 11.8 Å². The number of amides is 6. The molecule has 24 heteroatoms. The molecule has 6 amide bonds. The fourth-order valence-corrected chi connectivity index (χ4v) is 10.2. The number of piperazine rings is 1. The topological polar surface area (TPSA) is 239 Å². The third-order valence-electron chi connectivity index (χ3n) is 14.1. The number of carbonyl (C=O) groups is 6. The molecule has 2 aromatic carbocycles. The average Bonchev–Trinajstić information content (AvgIpc) is 4.26. The van der Waals surface area contributed by atoms with Gasteiger partial charge in [-0.15, -0.1) is 13.2 Å². The summed E-state index contributed by atoms with van der Waals surface area (Å²) >= 11 is 0. The number of imidazole rings is 1. The minimum Gasteiger partial charge on any atom is -0.453 e. The molecule has 21 nitrogen and oxygen atoms in total. The molecule has 4 aromatic rings. The smallest absolute Gasteiger partial charge is 0.453 e. The largest absolute Gasteiger partial charge is 0.573 e. The van der Waals surface area contributed by atoms with Crippen LogP contribution in [0.2, 0.25) is 0 Å². The monoisotopic (exact) mass is 1060 g/mol. The average molecular weight is 1060 g/mol. The summed E-state index contributed by atoms with van der Waals surface area (Å²) in [6.45, 7) is 11.5. The van der Waals surface area contributed by atoms with Crippen LogP contribution >= 0.6 is 0 Å². The zero-order valence-electron chi connectivity index (χ0n) is 43.3. The van der Waals surface area contributed by atoms with Gasteiger partial charge in [-0.3, -0.25) is 19.2 Å². The molecule has 4 aliphatic rings. The molecule has 8 rings (SSSR count). The Kier molecular flexibility index (Phi) is 16.4. The molecule has 6 heterocycles. The van der Waals surface area contributed by atoms with Crippen molar-refractivity contribution in [3.8, 4) is 28.1 Å². The summed E-state index contributed by atoms with van der Waals surface area (Å²) < 4.78 is 67.6. The second-order valence-electron chi connectivity index (χ2n) is 19.9. The first-order chi connectivity index (χ1) is 36.2. The van der Waals surface area contributed by atoms with Gasteiger partial charge in [0.1, 0.15) is 35.5 Å². The first-order valence-electron chi connectivity index (χ1n) is 25.1. The van der Waals surface area contributed by atoms with Crippen LogP contribution in [-0.2, 0) is 33.3 Å². The standard InChI is InChI=1S/C52H63F3N10O11/c1-29(2)42(60-49(70)72-6)47(68)64-18-8-9-38(64)46(67)62-19-20-63(31(5)27-62)41-17-14-34(25-56-41)45(66)58-35-15-16-36(40(23-35)76-52(53,54)55)32-10-12-33(13-11-32)37-26-57-44(59-37)39-24-51(74-21-22-75-51)28-65(39)48(69)43(30(3)4)61-50(71)73-7/h10-17,23,25-26,29-31,38-39,42-43H,8-9,18-22,24,27-28H2,1-7H3,(H,57,59)(H,58,66)(H,60,70)(H,61,71)/t31-,38?,39+,42+,43+/m1/s1. The lowest BCUT2D eigenvalue weighted by atomic mass is 10.0. The quantitative estimate of drug-likeness (QED) is 0.112. The molecule has 0 aliphatic carbocycles. The van der Waals surface area contributed by atoms with Gasteiger partial charge in [0, 0.05) is 62.2 Å². The molecule has 1 spiro atoms. The van der Waals surface area contributed by atoms with Crippen LogP contribution in [0.4, 0.5) is 34.3 Å². The number of methoxy groups -OCH3 is 2. The van der Waals surface area contributed by atoms with Crippen molar-refractivity contribution in [3.63, 3.8) is 0 Å². The van der Waals surface area contributed by atoms with E-state index in [4.69, 9.17) is 18.9 Å². The maximum absolute atomic E-state index is 14.0. The van der Waals surface area contributed by atoms with Gasteiger partial charge in [-0.25, -0.2) is 19.6 Å². The number of ether oxygens (including phenoxy) is 5. The number of aromatic nitrogens is 3. The number of hydrogen-bond donors (Lipinski definition) is 4. The van der Waals surface area contributed by atoms with Gasteiger partial charge in [-0.1, -0.05) is 52.0 Å². The highest BCUT2D eigenvalue weighted by Gasteiger charge is 2.53. The van der Waals surface area contributed by atoms with Gasteiger partial charge in [0.2, 0.25) is 17.7 Å². The summed E-state index contributed by atoms with van der Waals surface area (Å²) in [7, 11) is 2.44. The summed E-state index contributed by atoms with van der Waals surface area (Å²) in [5.74, 6) is -2.65. The van der Waals surface area contributed by atoms with Crippen molar-refractivity contribution in [2.45, 2.75) is 96.2 Å². The van der Waals surface area contributed by atoms with E-state index in [0.717, 1.165) is 6.07 Å². The molecule has 1 unspecified atom stereocenters. The number of anilines is 2. The van der Waals surface area contributed by atoms with Gasteiger partial charge in [-0.05, 0) is 67.0 Å². The lowest BCUT2D eigenvalue weighted by molar-refractivity contribution is -0.274. The van der Waals surface area contributed by atoms with E-state index in [9.17, 15) is 41.9 Å². The molecule has 4 aliphatic heterocycles. The molecular formula is C52H63F3N10O11. The summed E-state index contributed by atoms with van der Waals surface area (Å²) in [4.78, 5) is 98.4. The number of hydrogen-bond acceptors (Lipinski definition) is 14. The van der Waals surface area contributed by atoms with Gasteiger partial charge in [0.05, 0.1) is 57.5 Å². The second-order valence-corrected chi connectivity index (χ2v) is 19.9. The number of nitrogens with one attached hydrogen (secondary N) is 4. The zero-order chi connectivity index (χ0) is 54.6. The van der Waals surface area contributed by atoms with Crippen LogP contribution in [0.15, 0.2) is 67.0 Å². The van der Waals surface area contributed by atoms with E-state index in [-0.39, 0.29) is 65.4 Å². The number of rotatable bonds is 14. The summed E-state index contributed by atoms with van der Waals surface area (Å²) in [5.41, 5.74) is 1.84. The van der Waals surface area contributed by atoms with Crippen LogP contribution < -0.4 is 25.6 Å². The lowest BCUT2D eigenvalue weighted by Gasteiger charge is -2.42. The van der Waals surface area contributed by atoms with Crippen molar-refractivity contribution < 1.29 is 65.6 Å². The fraction of sp³-hybridized carbons (Fsp3) is 0.500. The van der Waals surface area contributed by atoms with E-state index in [2.05, 4.69) is 35.6 Å². The zero-order valence-corrected chi connectivity index (χ0v) is 43.3. The second kappa shape index (κ2) is 22.8. The normalized spacial score (nSPS) is 20.2. The van der Waals surface area contributed by atoms with Gasteiger partial charge >= 0.3 is 18.5 Å². The maximum Gasteiger partial charge on any atom is 0.573 e. The summed E-state index contributed by atoms with van der Waals surface area (Å²) in [6.07, 6.45) is -2.18. The fourth-order valence-electron chi connectivity index (χ4n) is 10.2. The highest BCUT2D eigenvalue weighted by atomic mass is 19.4. The van der Waals surface area contributed by atoms with Crippen molar-refractivity contribution >= 4 is 47.3 Å². The van der Waals surface area contributed by atoms with Crippen LogP contribution in [0.3, 0.4) is 0 Å². The molecule has 2 aromatic heterocycles. The Hall–Kier alpha value is -7.47. The Bertz CT molecular complexity index is 2770. The Morgan fingerprint density at radius 2 is 1.45 bits per heavy atom. The molecule has 408 valence electrons. The third kappa shape index (κ3) is 12.1. The van der Waals surface area contributed by atoms with Crippen molar-refractivity contribution in [1.82, 2.24) is 40.3 Å². The number of nitrogens with zero attached hydrogens (tertiary/aromatic N) is 6. The van der Waals surface area contributed by atoms with E-state index in [0.29, 0.717) is 80.7 Å². The molecule has 0 radical (unpaired) electrons. The van der Waals surface area contributed by atoms with E-state index in [1.165, 1.54) is 32.5 Å². The Labute approximate surface area is 437 Å². The number of alkyl carbamates (subject to hydrolysis) is 2. The Morgan fingerprint density at radius 3 is 2.04 bits per heavy atom.